The van der Waals surface area contributed by atoms with E-state index in [4.69, 9.17) is 37.9 Å². The van der Waals surface area contributed by atoms with Crippen molar-refractivity contribution in [3.8, 4) is 0 Å². The summed E-state index contributed by atoms with van der Waals surface area (Å²) in [5, 5.41) is 0.806. The third kappa shape index (κ3) is 5.22. The zero-order valence-electron chi connectivity index (χ0n) is 19.6. The van der Waals surface area contributed by atoms with Gasteiger partial charge in [0.25, 0.3) is 5.91 Å². The van der Waals surface area contributed by atoms with Gasteiger partial charge in [-0.3, -0.25) is 4.79 Å². The number of fused-ring (bicyclic) bond motifs is 1. The van der Waals surface area contributed by atoms with Crippen molar-refractivity contribution in [2.75, 3.05) is 49.7 Å². The van der Waals surface area contributed by atoms with E-state index >= 15 is 0 Å². The Labute approximate surface area is 215 Å². The highest BCUT2D eigenvalue weighted by Crippen LogP contribution is 2.31. The van der Waals surface area contributed by atoms with Gasteiger partial charge in [0.15, 0.2) is 0 Å². The molecule has 0 bridgehead atoms. The summed E-state index contributed by atoms with van der Waals surface area (Å²) in [7, 11) is 2.01. The largest absolute Gasteiger partial charge is 0.378 e. The fourth-order valence-corrected chi connectivity index (χ4v) is 4.80. The number of anilines is 2. The lowest BCUT2D eigenvalue weighted by Crippen LogP contribution is -2.41. The molecule has 3 aromatic rings. The number of morpholine rings is 1. The average Bonchev–Trinajstić information content (AvgIpc) is 2.90. The van der Waals surface area contributed by atoms with Gasteiger partial charge in [-0.25, -0.2) is 4.98 Å². The van der Waals surface area contributed by atoms with Crippen molar-refractivity contribution in [1.29, 1.82) is 0 Å². The van der Waals surface area contributed by atoms with E-state index < -0.39 is 0 Å². The molecule has 0 N–H and O–H groups in total. The van der Waals surface area contributed by atoms with Crippen molar-refractivity contribution in [2.45, 2.75) is 19.5 Å². The van der Waals surface area contributed by atoms with Gasteiger partial charge in [0.2, 0.25) is 5.95 Å². The summed E-state index contributed by atoms with van der Waals surface area (Å²) >= 11 is 12.2. The van der Waals surface area contributed by atoms with Gasteiger partial charge in [-0.05, 0) is 23.8 Å². The van der Waals surface area contributed by atoms with E-state index in [1.807, 2.05) is 30.1 Å². The van der Waals surface area contributed by atoms with Crippen LogP contribution in [0.1, 0.15) is 27.2 Å². The second kappa shape index (κ2) is 10.4. The van der Waals surface area contributed by atoms with Crippen LogP contribution in [-0.4, -0.2) is 60.7 Å². The molecule has 0 spiro atoms. The van der Waals surface area contributed by atoms with Crippen LogP contribution in [0.25, 0.3) is 0 Å². The average molecular weight is 512 g/mol. The number of hydrogen-bond donors (Lipinski definition) is 0. The summed E-state index contributed by atoms with van der Waals surface area (Å²) in [6, 6.07) is 15.3. The molecule has 1 saturated heterocycles. The molecule has 2 aliphatic heterocycles. The van der Waals surface area contributed by atoms with Crippen LogP contribution in [-0.2, 0) is 24.2 Å². The normalized spacial score (nSPS) is 15.6. The smallest absolute Gasteiger partial charge is 0.254 e. The summed E-state index contributed by atoms with van der Waals surface area (Å²) in [4.78, 5) is 29.4. The maximum Gasteiger partial charge on any atom is 0.254 e. The number of benzene rings is 2. The van der Waals surface area contributed by atoms with Crippen LogP contribution in [0.5, 0.6) is 0 Å². The Kier molecular flexibility index (Phi) is 7.09. The van der Waals surface area contributed by atoms with Crippen LogP contribution in [0.4, 0.5) is 11.8 Å². The number of amides is 1. The van der Waals surface area contributed by atoms with E-state index in [1.54, 1.807) is 18.2 Å². The molecule has 2 aliphatic rings. The Morgan fingerprint density at radius 3 is 2.54 bits per heavy atom. The molecule has 0 atom stereocenters. The number of aromatic nitrogens is 2. The molecule has 1 amide bonds. The molecule has 0 unspecified atom stereocenters. The molecule has 5 rings (SSSR count). The van der Waals surface area contributed by atoms with Crippen LogP contribution < -0.4 is 9.80 Å². The zero-order chi connectivity index (χ0) is 24.4. The second-order valence-corrected chi connectivity index (χ2v) is 9.63. The van der Waals surface area contributed by atoms with Crippen molar-refractivity contribution < 1.29 is 9.53 Å². The Hall–Kier alpha value is -2.87. The summed E-state index contributed by atoms with van der Waals surface area (Å²) in [5.74, 6) is 1.51. The molecule has 3 heterocycles. The Morgan fingerprint density at radius 2 is 1.80 bits per heavy atom. The summed E-state index contributed by atoms with van der Waals surface area (Å²) in [6.07, 6.45) is 0.661. The van der Waals surface area contributed by atoms with Crippen LogP contribution in [0, 0.1) is 0 Å². The number of nitrogens with zero attached hydrogens (tertiary/aromatic N) is 5. The first-order valence-electron chi connectivity index (χ1n) is 11.7. The number of carbonyl (C=O) groups excluding carboxylic acids is 1. The first-order chi connectivity index (χ1) is 17.0. The maximum absolute atomic E-state index is 13.3. The Morgan fingerprint density at radius 1 is 1.03 bits per heavy atom. The molecule has 0 saturated carbocycles. The SMILES string of the molecule is CN(Cc1ccccc1)c1nc2c(c(N3CCOCC3)n1)CN(C(=O)c1ccc(Cl)c(Cl)c1)CC2. The number of ether oxygens (including phenoxy) is 1. The van der Waals surface area contributed by atoms with Gasteiger partial charge >= 0.3 is 0 Å². The first-order valence-corrected chi connectivity index (χ1v) is 12.5. The minimum atomic E-state index is -0.0765. The maximum atomic E-state index is 13.3. The fraction of sp³-hybridized carbons (Fsp3) is 0.346. The van der Waals surface area contributed by atoms with E-state index in [2.05, 4.69) is 21.9 Å². The Balaban J connectivity index is 1.45. The Bertz CT molecular complexity index is 1220. The van der Waals surface area contributed by atoms with Crippen LogP contribution in [0.3, 0.4) is 0 Å². The van der Waals surface area contributed by atoms with Crippen molar-refractivity contribution in [3.63, 3.8) is 0 Å². The van der Waals surface area contributed by atoms with E-state index in [-0.39, 0.29) is 5.91 Å². The predicted octanol–water partition coefficient (Wildman–Crippen LogP) is 4.45. The number of carbonyl (C=O) groups is 1. The molecule has 182 valence electrons. The number of halogens is 2. The van der Waals surface area contributed by atoms with Crippen LogP contribution in [0.15, 0.2) is 48.5 Å². The predicted molar refractivity (Wildman–Crippen MR) is 139 cm³/mol. The lowest BCUT2D eigenvalue weighted by atomic mass is 10.0. The van der Waals surface area contributed by atoms with Crippen LogP contribution in [0.2, 0.25) is 10.0 Å². The topological polar surface area (TPSA) is 61.8 Å². The van der Waals surface area contributed by atoms with E-state index in [1.165, 1.54) is 5.56 Å². The molecular weight excluding hydrogens is 485 g/mol. The minimum Gasteiger partial charge on any atom is -0.378 e. The molecule has 9 heteroatoms. The molecule has 0 aliphatic carbocycles. The highest BCUT2D eigenvalue weighted by Gasteiger charge is 2.29. The lowest BCUT2D eigenvalue weighted by molar-refractivity contribution is 0.0733. The van der Waals surface area contributed by atoms with Gasteiger partial charge in [0, 0.05) is 50.8 Å². The molecule has 2 aromatic carbocycles. The highest BCUT2D eigenvalue weighted by atomic mass is 35.5. The molecule has 7 nitrogen and oxygen atoms in total. The molecule has 1 fully saturated rings. The van der Waals surface area contributed by atoms with Gasteiger partial charge in [-0.15, -0.1) is 0 Å². The highest BCUT2D eigenvalue weighted by molar-refractivity contribution is 6.42. The third-order valence-electron chi connectivity index (χ3n) is 6.39. The molecule has 0 radical (unpaired) electrons. The van der Waals surface area contributed by atoms with Gasteiger partial charge in [-0.1, -0.05) is 53.5 Å². The summed E-state index contributed by atoms with van der Waals surface area (Å²) < 4.78 is 5.58. The van der Waals surface area contributed by atoms with E-state index in [9.17, 15) is 4.79 Å². The molecular formula is C26H27Cl2N5O2. The van der Waals surface area contributed by atoms with E-state index in [0.717, 1.165) is 30.2 Å². The quantitative estimate of drug-likeness (QED) is 0.504. The fourth-order valence-electron chi connectivity index (χ4n) is 4.50. The van der Waals surface area contributed by atoms with Gasteiger partial charge in [0.1, 0.15) is 5.82 Å². The van der Waals surface area contributed by atoms with Gasteiger partial charge in [0.05, 0.1) is 35.5 Å². The van der Waals surface area contributed by atoms with Crippen molar-refractivity contribution >= 4 is 40.9 Å². The summed E-state index contributed by atoms with van der Waals surface area (Å²) in [5.41, 5.74) is 3.72. The first kappa shape index (κ1) is 23.9. The minimum absolute atomic E-state index is 0.0765. The van der Waals surface area contributed by atoms with Crippen molar-refractivity contribution in [3.05, 3.63) is 81.0 Å². The van der Waals surface area contributed by atoms with Crippen molar-refractivity contribution in [1.82, 2.24) is 14.9 Å². The van der Waals surface area contributed by atoms with Gasteiger partial charge in [-0.2, -0.15) is 4.98 Å². The molecule has 35 heavy (non-hydrogen) atoms. The van der Waals surface area contributed by atoms with Crippen molar-refractivity contribution in [2.24, 2.45) is 0 Å². The monoisotopic (exact) mass is 511 g/mol. The number of hydrogen-bond acceptors (Lipinski definition) is 6. The lowest BCUT2D eigenvalue weighted by Gasteiger charge is -2.35. The second-order valence-electron chi connectivity index (χ2n) is 8.82. The molecule has 1 aromatic heterocycles. The number of rotatable bonds is 5. The summed E-state index contributed by atoms with van der Waals surface area (Å²) in [6.45, 7) is 4.55. The standard InChI is InChI=1S/C26H27Cl2N5O2/c1-31(16-18-5-3-2-4-6-18)26-29-23-9-10-33(25(34)19-7-8-21(27)22(28)15-19)17-20(23)24(30-26)32-11-13-35-14-12-32/h2-8,15H,9-14,16-17H2,1H3. The van der Waals surface area contributed by atoms with Crippen LogP contribution >= 0.6 is 23.2 Å². The van der Waals surface area contributed by atoms with E-state index in [0.29, 0.717) is 60.8 Å². The van der Waals surface area contributed by atoms with Gasteiger partial charge < -0.3 is 19.4 Å². The third-order valence-corrected chi connectivity index (χ3v) is 7.13. The zero-order valence-corrected chi connectivity index (χ0v) is 21.1.